The van der Waals surface area contributed by atoms with Gasteiger partial charge in [0.25, 0.3) is 0 Å². The Morgan fingerprint density at radius 3 is 2.46 bits per heavy atom. The van der Waals surface area contributed by atoms with Gasteiger partial charge in [0.1, 0.15) is 19.7 Å². The van der Waals surface area contributed by atoms with Crippen LogP contribution in [0.15, 0.2) is 30.6 Å². The summed E-state index contributed by atoms with van der Waals surface area (Å²) in [6.45, 7) is 13.6. The minimum atomic E-state index is -2.03. The zero-order valence-electron chi connectivity index (χ0n) is 17.7. The number of nitrogens with zero attached hydrogens (tertiary/aromatic N) is 2. The van der Waals surface area contributed by atoms with Gasteiger partial charge in [-0.25, -0.2) is 4.57 Å². The van der Waals surface area contributed by atoms with Gasteiger partial charge in [0, 0.05) is 24.4 Å². The predicted molar refractivity (Wildman–Crippen MR) is 117 cm³/mol. The van der Waals surface area contributed by atoms with Crippen LogP contribution in [0.3, 0.4) is 0 Å². The number of β-lactam (4-membered cyclic amide) rings is 1. The van der Waals surface area contributed by atoms with E-state index in [1.807, 2.05) is 59.7 Å². The van der Waals surface area contributed by atoms with Crippen LogP contribution >= 0.6 is 11.8 Å². The highest BCUT2D eigenvalue weighted by Gasteiger charge is 2.59. The number of thioether (sulfide) groups is 1. The lowest BCUT2D eigenvalue weighted by Gasteiger charge is -2.54. The lowest BCUT2D eigenvalue weighted by molar-refractivity contribution is -0.706. The molecule has 2 aliphatic rings. The second-order valence-electron chi connectivity index (χ2n) is 9.87. The Kier molecular flexibility index (Phi) is 5.83. The third-order valence-corrected chi connectivity index (χ3v) is 8.39. The lowest BCUT2D eigenvalue weighted by Crippen LogP contribution is -2.76. The predicted octanol–water partition coefficient (Wildman–Crippen LogP) is 2.05. The van der Waals surface area contributed by atoms with Crippen LogP contribution in [-0.2, 0) is 20.6 Å². The molecule has 0 radical (unpaired) electrons. The summed E-state index contributed by atoms with van der Waals surface area (Å²) in [6, 6.07) is 5.76. The van der Waals surface area contributed by atoms with Crippen molar-refractivity contribution in [3.8, 4) is 0 Å². The summed E-state index contributed by atoms with van der Waals surface area (Å²) in [4.78, 5) is 31.6. The first kappa shape index (κ1) is 21.5. The lowest BCUT2D eigenvalue weighted by atomic mass is 9.87. The van der Waals surface area contributed by atoms with E-state index in [2.05, 4.69) is 24.6 Å². The number of aromatic nitrogens is 1. The molecule has 3 heterocycles. The molecule has 2 aliphatic heterocycles. The van der Waals surface area contributed by atoms with Gasteiger partial charge < -0.3 is 14.3 Å². The number of hydrogen-bond acceptors (Lipinski definition) is 5. The maximum atomic E-state index is 13.3. The quantitative estimate of drug-likeness (QED) is 0.418. The molecule has 0 aromatic carbocycles. The minimum Gasteiger partial charge on any atom is -0.519 e. The summed E-state index contributed by atoms with van der Waals surface area (Å²) < 4.78 is 7.95. The third-order valence-electron chi connectivity index (χ3n) is 4.83. The molecule has 6 nitrogen and oxygen atoms in total. The van der Waals surface area contributed by atoms with E-state index in [9.17, 15) is 9.59 Å². The van der Waals surface area contributed by atoms with Gasteiger partial charge in [0.05, 0.1) is 0 Å². The topological polar surface area (TPSA) is 62.5 Å². The van der Waals surface area contributed by atoms with Gasteiger partial charge in [0.15, 0.2) is 24.4 Å². The Morgan fingerprint density at radius 1 is 1.25 bits per heavy atom. The first-order valence-corrected chi connectivity index (χ1v) is 17.7. The van der Waals surface area contributed by atoms with Gasteiger partial charge >= 0.3 is 5.97 Å². The van der Waals surface area contributed by atoms with Crippen LogP contribution in [-0.4, -0.2) is 57.0 Å². The van der Waals surface area contributed by atoms with Crippen molar-refractivity contribution in [2.45, 2.75) is 57.2 Å². The normalized spacial score (nSPS) is 27.8. The van der Waals surface area contributed by atoms with Crippen LogP contribution in [0, 0.1) is 5.41 Å². The van der Waals surface area contributed by atoms with Gasteiger partial charge in [-0.2, -0.15) is 0 Å². The smallest absolute Gasteiger partial charge is 0.307 e. The second-order valence-corrected chi connectivity index (χ2v) is 20.2. The van der Waals surface area contributed by atoms with Gasteiger partial charge in [-0.3, -0.25) is 9.59 Å². The van der Waals surface area contributed by atoms with Gasteiger partial charge in [-0.05, 0) is 19.6 Å². The number of nitrogens with one attached hydrogen (secondary N) is 1. The van der Waals surface area contributed by atoms with E-state index in [1.54, 1.807) is 11.8 Å². The van der Waals surface area contributed by atoms with Crippen LogP contribution in [0.4, 0.5) is 0 Å². The van der Waals surface area contributed by atoms with Crippen molar-refractivity contribution in [2.75, 3.05) is 12.3 Å². The molecule has 1 N–H and O–H groups in total. The number of rotatable bonds is 6. The fourth-order valence-corrected chi connectivity index (χ4v) is 7.29. The fraction of sp³-hybridized carbons (Fsp3) is 0.632. The van der Waals surface area contributed by atoms with Crippen molar-refractivity contribution in [3.63, 3.8) is 0 Å². The van der Waals surface area contributed by atoms with Gasteiger partial charge in [0.2, 0.25) is 14.2 Å². The number of pyridine rings is 1. The monoisotopic (exact) mass is 438 g/mol. The maximum absolute atomic E-state index is 13.3. The highest BCUT2D eigenvalue weighted by atomic mass is 32.2. The maximum Gasteiger partial charge on any atom is 0.307 e. The fourth-order valence-electron chi connectivity index (χ4n) is 3.65. The molecule has 1 aromatic heterocycles. The van der Waals surface area contributed by atoms with Crippen molar-refractivity contribution in [1.29, 1.82) is 0 Å². The van der Waals surface area contributed by atoms with Crippen LogP contribution < -0.4 is 9.55 Å². The molecule has 28 heavy (non-hydrogen) atoms. The Morgan fingerprint density at radius 2 is 1.89 bits per heavy atom. The highest BCUT2D eigenvalue weighted by Crippen LogP contribution is 2.43. The summed E-state index contributed by atoms with van der Waals surface area (Å²) in [5.74, 6) is 0.613. The van der Waals surface area contributed by atoms with E-state index in [0.29, 0.717) is 18.8 Å². The summed E-state index contributed by atoms with van der Waals surface area (Å²) in [5, 5.41) is 0.118. The average Bonchev–Trinajstić information content (AvgIpc) is 2.58. The van der Waals surface area contributed by atoms with Crippen LogP contribution in [0.25, 0.3) is 0 Å². The highest BCUT2D eigenvalue weighted by molar-refractivity contribution is 8.00. The molecular formula is C19H32N3O3SSi2+. The molecule has 2 unspecified atom stereocenters. The van der Waals surface area contributed by atoms with Crippen molar-refractivity contribution < 1.29 is 18.6 Å². The molecular weight excluding hydrogens is 406 g/mol. The average molecular weight is 439 g/mol. The molecule has 0 aliphatic carbocycles. The molecule has 2 fully saturated rings. The number of carbonyl (C=O) groups excluding carboxylic acids is 2. The molecule has 0 bridgehead atoms. The summed E-state index contributed by atoms with van der Waals surface area (Å²) in [6.07, 6.45) is 3.93. The van der Waals surface area contributed by atoms with Crippen molar-refractivity contribution in [1.82, 2.24) is 9.88 Å². The Labute approximate surface area is 174 Å². The summed E-state index contributed by atoms with van der Waals surface area (Å²) >= 11 is 1.71. The zero-order valence-corrected chi connectivity index (χ0v) is 20.5. The third kappa shape index (κ3) is 4.69. The van der Waals surface area contributed by atoms with Crippen LogP contribution in [0.2, 0.25) is 39.3 Å². The first-order valence-electron chi connectivity index (χ1n) is 9.78. The molecule has 154 valence electrons. The van der Waals surface area contributed by atoms with Crippen molar-refractivity contribution >= 4 is 40.2 Å². The second kappa shape index (κ2) is 7.58. The van der Waals surface area contributed by atoms with E-state index in [-0.39, 0.29) is 23.3 Å². The standard InChI is InChI=1S/C19H32N3O3SSi2/c1-27(2,3)20-15-16(23)22-13-19(14-26-17(15)22,18(24)25-28(4,5)6)12-21-10-8-7-9-11-21/h7-11,15,17,20H,12-14H2,1-6H3/q+1/t15?,17-,19?/m1/s1. The Bertz CT molecular complexity index is 751. The molecule has 3 atom stereocenters. The minimum absolute atomic E-state index is 0.114. The van der Waals surface area contributed by atoms with Crippen LogP contribution in [0.1, 0.15) is 0 Å². The molecule has 1 amide bonds. The van der Waals surface area contributed by atoms with E-state index >= 15 is 0 Å². The number of hydrogen-bond donors (Lipinski definition) is 1. The van der Waals surface area contributed by atoms with Gasteiger partial charge in [-0.1, -0.05) is 25.7 Å². The molecule has 9 heteroatoms. The largest absolute Gasteiger partial charge is 0.519 e. The first-order chi connectivity index (χ1) is 12.9. The number of amides is 1. The molecule has 0 spiro atoms. The molecule has 0 saturated carbocycles. The number of fused-ring (bicyclic) bond motifs is 1. The summed E-state index contributed by atoms with van der Waals surface area (Å²) in [5.41, 5.74) is -0.715. The Hall–Kier alpha value is -1.17. The van der Waals surface area contributed by atoms with Crippen molar-refractivity contribution in [3.05, 3.63) is 30.6 Å². The van der Waals surface area contributed by atoms with E-state index in [1.165, 1.54) is 0 Å². The molecule has 1 aromatic rings. The van der Waals surface area contributed by atoms with E-state index in [4.69, 9.17) is 4.43 Å². The van der Waals surface area contributed by atoms with E-state index < -0.39 is 22.0 Å². The van der Waals surface area contributed by atoms with Gasteiger partial charge in [-0.15, -0.1) is 11.8 Å². The number of carbonyl (C=O) groups is 2. The van der Waals surface area contributed by atoms with Crippen molar-refractivity contribution in [2.24, 2.45) is 5.41 Å². The molecule has 2 saturated heterocycles. The summed E-state index contributed by atoms with van der Waals surface area (Å²) in [7, 11) is -3.59. The van der Waals surface area contributed by atoms with Crippen LogP contribution in [0.5, 0.6) is 0 Å². The van der Waals surface area contributed by atoms with E-state index in [0.717, 1.165) is 0 Å². The zero-order chi connectivity index (χ0) is 20.7. The Balaban J connectivity index is 1.82. The SMILES string of the molecule is C[Si](C)(C)NC1C(=O)N2CC(C[n+]3ccccc3)(C(=O)O[Si](C)(C)C)CS[C@H]12. The molecule has 3 rings (SSSR count).